The van der Waals surface area contributed by atoms with E-state index < -0.39 is 0 Å². The van der Waals surface area contributed by atoms with Crippen LogP contribution in [0, 0.1) is 17.4 Å². The molecule has 0 saturated carbocycles. The van der Waals surface area contributed by atoms with Gasteiger partial charge in [-0.2, -0.15) is 0 Å². The fourth-order valence-corrected chi connectivity index (χ4v) is 4.91. The molecule has 1 saturated heterocycles. The normalized spacial score (nSPS) is 15.5. The minimum absolute atomic E-state index is 0.170. The summed E-state index contributed by atoms with van der Waals surface area (Å²) < 4.78 is 14.1. The van der Waals surface area contributed by atoms with Crippen LogP contribution in [0.3, 0.4) is 0 Å². The van der Waals surface area contributed by atoms with Gasteiger partial charge in [-0.05, 0) is 120 Å². The number of rotatable bonds is 7. The third kappa shape index (κ3) is 6.68. The minimum atomic E-state index is -0.170. The average Bonchev–Trinajstić information content (AvgIpc) is 3.16. The number of aryl methyl sites for hydroxylation is 2. The highest BCUT2D eigenvalue weighted by molar-refractivity contribution is 14.1. The number of thioether (sulfide) groups is 1. The molecule has 0 bridgehead atoms. The van der Waals surface area contributed by atoms with E-state index in [0.29, 0.717) is 34.8 Å². The SMILES string of the molecule is CCOc1cc(/C=C2\SC(=Nc3cc(C)c(Br)c(C)c3)NC2=O)ccc1OCc1ccc(I)cc1. The summed E-state index contributed by atoms with van der Waals surface area (Å²) >= 11 is 7.18. The number of ether oxygens (including phenoxy) is 2. The highest BCUT2D eigenvalue weighted by atomic mass is 127. The summed E-state index contributed by atoms with van der Waals surface area (Å²) in [4.78, 5) is 17.8. The standard InChI is InChI=1S/C27H24BrIN2O3S/c1-4-33-23-13-19(7-10-22(23)34-15-18-5-8-20(29)9-6-18)14-24-26(32)31-27(35-24)30-21-11-16(2)25(28)17(3)12-21/h5-14H,4,15H2,1-3H3,(H,30,31,32)/b24-14-. The van der Waals surface area contributed by atoms with Gasteiger partial charge in [-0.3, -0.25) is 4.79 Å². The quantitative estimate of drug-likeness (QED) is 0.210. The van der Waals surface area contributed by atoms with Crippen molar-refractivity contribution in [3.63, 3.8) is 0 Å². The van der Waals surface area contributed by atoms with Gasteiger partial charge in [-0.1, -0.05) is 34.1 Å². The highest BCUT2D eigenvalue weighted by Crippen LogP contribution is 2.34. The third-order valence-corrected chi connectivity index (χ3v) is 8.06. The Hall–Kier alpha value is -2.30. The largest absolute Gasteiger partial charge is 0.490 e. The number of amides is 1. The van der Waals surface area contributed by atoms with E-state index in [2.05, 4.69) is 61.0 Å². The highest BCUT2D eigenvalue weighted by Gasteiger charge is 2.24. The number of benzene rings is 3. The van der Waals surface area contributed by atoms with Crippen molar-refractivity contribution >= 4 is 73.1 Å². The van der Waals surface area contributed by atoms with Gasteiger partial charge in [0.2, 0.25) is 0 Å². The first-order chi connectivity index (χ1) is 16.8. The monoisotopic (exact) mass is 662 g/mol. The fourth-order valence-electron chi connectivity index (χ4n) is 3.48. The van der Waals surface area contributed by atoms with E-state index in [1.54, 1.807) is 0 Å². The number of aliphatic imine (C=N–C) groups is 1. The minimum Gasteiger partial charge on any atom is -0.490 e. The molecule has 0 atom stereocenters. The van der Waals surface area contributed by atoms with Crippen molar-refractivity contribution in [3.05, 3.63) is 89.8 Å². The molecule has 0 aromatic heterocycles. The maximum Gasteiger partial charge on any atom is 0.264 e. The molecule has 3 aromatic carbocycles. The van der Waals surface area contributed by atoms with Crippen LogP contribution in [-0.4, -0.2) is 17.7 Å². The topological polar surface area (TPSA) is 59.9 Å². The Morgan fingerprint density at radius 2 is 1.74 bits per heavy atom. The molecule has 8 heteroatoms. The van der Waals surface area contributed by atoms with Crippen LogP contribution < -0.4 is 14.8 Å². The predicted octanol–water partition coefficient (Wildman–Crippen LogP) is 7.54. The molecular weight excluding hydrogens is 639 g/mol. The summed E-state index contributed by atoms with van der Waals surface area (Å²) in [5, 5.41) is 3.42. The lowest BCUT2D eigenvalue weighted by Gasteiger charge is -2.13. The van der Waals surface area contributed by atoms with Crippen LogP contribution in [0.25, 0.3) is 6.08 Å². The Morgan fingerprint density at radius 3 is 2.43 bits per heavy atom. The molecule has 35 heavy (non-hydrogen) atoms. The fraction of sp³-hybridized carbons (Fsp3) is 0.185. The molecule has 0 spiro atoms. The van der Waals surface area contributed by atoms with Crippen LogP contribution in [-0.2, 0) is 11.4 Å². The molecular formula is C27H24BrIN2O3S. The van der Waals surface area contributed by atoms with Crippen molar-refractivity contribution in [1.29, 1.82) is 0 Å². The molecule has 1 heterocycles. The van der Waals surface area contributed by atoms with Crippen LogP contribution in [0.5, 0.6) is 11.5 Å². The number of hydrogen-bond donors (Lipinski definition) is 1. The van der Waals surface area contributed by atoms with E-state index in [9.17, 15) is 4.79 Å². The molecule has 1 amide bonds. The van der Waals surface area contributed by atoms with Gasteiger partial charge < -0.3 is 14.8 Å². The van der Waals surface area contributed by atoms with Crippen molar-refractivity contribution in [2.45, 2.75) is 27.4 Å². The summed E-state index contributed by atoms with van der Waals surface area (Å²) in [5.41, 5.74) is 4.94. The van der Waals surface area contributed by atoms with E-state index in [1.165, 1.54) is 15.3 Å². The Balaban J connectivity index is 1.51. The van der Waals surface area contributed by atoms with E-state index in [0.717, 1.165) is 32.4 Å². The number of amidine groups is 1. The molecule has 0 unspecified atom stereocenters. The van der Waals surface area contributed by atoms with Crippen molar-refractivity contribution in [2.24, 2.45) is 4.99 Å². The third-order valence-electron chi connectivity index (χ3n) is 5.18. The van der Waals surface area contributed by atoms with E-state index >= 15 is 0 Å². The Bertz CT molecular complexity index is 1300. The predicted molar refractivity (Wildman–Crippen MR) is 156 cm³/mol. The molecule has 1 aliphatic rings. The lowest BCUT2D eigenvalue weighted by atomic mass is 10.1. The van der Waals surface area contributed by atoms with Crippen molar-refractivity contribution in [3.8, 4) is 11.5 Å². The van der Waals surface area contributed by atoms with Crippen molar-refractivity contribution < 1.29 is 14.3 Å². The summed E-state index contributed by atoms with van der Waals surface area (Å²) in [7, 11) is 0. The van der Waals surface area contributed by atoms with E-state index in [-0.39, 0.29) is 5.91 Å². The summed E-state index contributed by atoms with van der Waals surface area (Å²) in [5.74, 6) is 1.14. The van der Waals surface area contributed by atoms with Gasteiger partial charge in [0.1, 0.15) is 6.61 Å². The molecule has 0 radical (unpaired) electrons. The van der Waals surface area contributed by atoms with Gasteiger partial charge in [0, 0.05) is 8.04 Å². The van der Waals surface area contributed by atoms with Gasteiger partial charge in [-0.25, -0.2) is 4.99 Å². The van der Waals surface area contributed by atoms with Gasteiger partial charge in [0.25, 0.3) is 5.91 Å². The zero-order valence-electron chi connectivity index (χ0n) is 19.5. The lowest BCUT2D eigenvalue weighted by Crippen LogP contribution is -2.19. The van der Waals surface area contributed by atoms with E-state index in [4.69, 9.17) is 9.47 Å². The van der Waals surface area contributed by atoms with Crippen LogP contribution in [0.1, 0.15) is 29.2 Å². The van der Waals surface area contributed by atoms with Crippen molar-refractivity contribution in [2.75, 3.05) is 6.61 Å². The Labute approximate surface area is 231 Å². The van der Waals surface area contributed by atoms with Crippen LogP contribution in [0.15, 0.2) is 69.0 Å². The maximum atomic E-state index is 12.6. The van der Waals surface area contributed by atoms with Gasteiger partial charge in [-0.15, -0.1) is 0 Å². The van der Waals surface area contributed by atoms with Gasteiger partial charge in [0.15, 0.2) is 16.7 Å². The Morgan fingerprint density at radius 1 is 1.03 bits per heavy atom. The maximum absolute atomic E-state index is 12.6. The van der Waals surface area contributed by atoms with Gasteiger partial charge in [0.05, 0.1) is 17.2 Å². The average molecular weight is 663 g/mol. The number of carbonyl (C=O) groups excluding carboxylic acids is 1. The Kier molecular flexibility index (Phi) is 8.56. The summed E-state index contributed by atoms with van der Waals surface area (Å²) in [6.45, 7) is 6.94. The molecule has 180 valence electrons. The first kappa shape index (κ1) is 25.8. The molecule has 4 rings (SSSR count). The molecule has 0 aliphatic carbocycles. The summed E-state index contributed by atoms with van der Waals surface area (Å²) in [6.07, 6.45) is 1.84. The molecule has 1 fully saturated rings. The number of hydrogen-bond acceptors (Lipinski definition) is 5. The first-order valence-corrected chi connectivity index (χ1v) is 13.7. The lowest BCUT2D eigenvalue weighted by molar-refractivity contribution is -0.115. The van der Waals surface area contributed by atoms with Crippen LogP contribution in [0.2, 0.25) is 0 Å². The zero-order chi connectivity index (χ0) is 24.9. The second-order valence-electron chi connectivity index (χ2n) is 7.93. The number of halogens is 2. The smallest absolute Gasteiger partial charge is 0.264 e. The molecule has 1 aliphatic heterocycles. The second-order valence-corrected chi connectivity index (χ2v) is 11.0. The molecule has 5 nitrogen and oxygen atoms in total. The van der Waals surface area contributed by atoms with Gasteiger partial charge >= 0.3 is 0 Å². The molecule has 3 aromatic rings. The van der Waals surface area contributed by atoms with Crippen LogP contribution in [0.4, 0.5) is 5.69 Å². The second kappa shape index (κ2) is 11.6. The first-order valence-electron chi connectivity index (χ1n) is 11.0. The zero-order valence-corrected chi connectivity index (χ0v) is 24.1. The number of nitrogens with zero attached hydrogens (tertiary/aromatic N) is 1. The summed E-state index contributed by atoms with van der Waals surface area (Å²) in [6, 6.07) is 17.9. The molecule has 1 N–H and O–H groups in total. The van der Waals surface area contributed by atoms with Crippen LogP contribution >= 0.6 is 50.3 Å². The number of carbonyl (C=O) groups is 1. The number of nitrogens with one attached hydrogen (secondary N) is 1. The van der Waals surface area contributed by atoms with E-state index in [1.807, 2.05) is 69.3 Å². The van der Waals surface area contributed by atoms with Crippen molar-refractivity contribution in [1.82, 2.24) is 5.32 Å².